The molecule has 0 aliphatic heterocycles. The zero-order valence-corrected chi connectivity index (χ0v) is 18.6. The van der Waals surface area contributed by atoms with Gasteiger partial charge in [-0.3, -0.25) is 19.2 Å². The lowest BCUT2D eigenvalue weighted by molar-refractivity contribution is -0.144. The van der Waals surface area contributed by atoms with Crippen molar-refractivity contribution in [1.82, 2.24) is 16.0 Å². The summed E-state index contributed by atoms with van der Waals surface area (Å²) < 4.78 is 0. The van der Waals surface area contributed by atoms with Crippen molar-refractivity contribution in [2.75, 3.05) is 18.6 Å². The topological polar surface area (TPSA) is 208 Å². The number of aliphatic hydroxyl groups is 1. The van der Waals surface area contributed by atoms with Gasteiger partial charge in [0.05, 0.1) is 12.6 Å². The van der Waals surface area contributed by atoms with Crippen LogP contribution in [0.3, 0.4) is 0 Å². The number of amides is 3. The number of hydrogen-bond acceptors (Lipinski definition) is 8. The average Bonchev–Trinajstić information content (AvgIpc) is 2.69. The van der Waals surface area contributed by atoms with Crippen LogP contribution in [-0.4, -0.2) is 87.8 Å². The summed E-state index contributed by atoms with van der Waals surface area (Å²) in [7, 11) is 0. The molecule has 0 bridgehead atoms. The third-order valence-electron chi connectivity index (χ3n) is 4.30. The van der Waals surface area contributed by atoms with Gasteiger partial charge in [0, 0.05) is 6.42 Å². The monoisotopic (exact) mass is 464 g/mol. The third kappa shape index (κ3) is 11.0. The summed E-state index contributed by atoms with van der Waals surface area (Å²) in [6, 6.07) is -4.86. The number of nitrogens with two attached hydrogens (primary N) is 1. The molecule has 13 heteroatoms. The van der Waals surface area contributed by atoms with Gasteiger partial charge >= 0.3 is 11.9 Å². The molecule has 0 aliphatic rings. The average molecular weight is 465 g/mol. The molecule has 3 amide bonds. The normalized spacial score (nSPS) is 14.8. The highest BCUT2D eigenvalue weighted by molar-refractivity contribution is 7.98. The predicted octanol–water partition coefficient (Wildman–Crippen LogP) is -1.88. The van der Waals surface area contributed by atoms with Gasteiger partial charge in [-0.1, -0.05) is 13.8 Å². The summed E-state index contributed by atoms with van der Waals surface area (Å²) >= 11 is 1.41. The second-order valence-electron chi connectivity index (χ2n) is 7.19. The van der Waals surface area contributed by atoms with Gasteiger partial charge in [0.2, 0.25) is 17.7 Å². The molecule has 8 N–H and O–H groups in total. The van der Waals surface area contributed by atoms with Crippen molar-refractivity contribution >= 4 is 41.4 Å². The van der Waals surface area contributed by atoms with Crippen LogP contribution in [0.2, 0.25) is 0 Å². The van der Waals surface area contributed by atoms with E-state index in [9.17, 15) is 34.2 Å². The van der Waals surface area contributed by atoms with Gasteiger partial charge in [-0.15, -0.1) is 0 Å². The van der Waals surface area contributed by atoms with Crippen molar-refractivity contribution in [2.45, 2.75) is 57.3 Å². The van der Waals surface area contributed by atoms with Crippen LogP contribution in [0.25, 0.3) is 0 Å². The minimum Gasteiger partial charge on any atom is -0.481 e. The van der Waals surface area contributed by atoms with E-state index < -0.39 is 66.4 Å². The Hall–Kier alpha value is -2.38. The summed E-state index contributed by atoms with van der Waals surface area (Å²) in [6.45, 7) is 2.39. The molecule has 0 saturated carbocycles. The number of carboxylic acids is 2. The molecule has 4 atom stereocenters. The van der Waals surface area contributed by atoms with Crippen LogP contribution in [0.1, 0.15) is 33.1 Å². The van der Waals surface area contributed by atoms with Crippen molar-refractivity contribution < 1.29 is 39.3 Å². The highest BCUT2D eigenvalue weighted by Gasteiger charge is 2.30. The van der Waals surface area contributed by atoms with E-state index in [4.69, 9.17) is 10.8 Å². The first-order valence-electron chi connectivity index (χ1n) is 9.65. The number of aliphatic carboxylic acids is 2. The number of carbonyl (C=O) groups is 5. The highest BCUT2D eigenvalue weighted by atomic mass is 32.2. The second kappa shape index (κ2) is 14.6. The molecular formula is C18H32N4O8S. The minimum atomic E-state index is -1.43. The molecule has 31 heavy (non-hydrogen) atoms. The van der Waals surface area contributed by atoms with Crippen LogP contribution < -0.4 is 21.7 Å². The van der Waals surface area contributed by atoms with Crippen LogP contribution in [0.5, 0.6) is 0 Å². The Bertz CT molecular complexity index is 646. The Kier molecular flexibility index (Phi) is 13.5. The fraction of sp³-hybridized carbons (Fsp3) is 0.722. The SMILES string of the molecule is CSCCC(NC(=O)C(N)CCC(=O)O)C(=O)NC(CO)C(=O)NC(C(=O)O)C(C)C. The number of rotatable bonds is 15. The summed E-state index contributed by atoms with van der Waals surface area (Å²) in [5.74, 6) is -4.70. The van der Waals surface area contributed by atoms with E-state index in [1.807, 2.05) is 0 Å². The highest BCUT2D eigenvalue weighted by Crippen LogP contribution is 2.05. The van der Waals surface area contributed by atoms with Gasteiger partial charge in [0.25, 0.3) is 0 Å². The molecule has 12 nitrogen and oxygen atoms in total. The standard InChI is InChI=1S/C18H32N4O8S/c1-9(2)14(18(29)30)22-17(28)12(8-23)21-16(27)11(6-7-31-3)20-15(26)10(19)4-5-13(24)25/h9-12,14,23H,4-8,19H2,1-3H3,(H,20,26)(H,21,27)(H,22,28)(H,24,25)(H,29,30). The van der Waals surface area contributed by atoms with Crippen LogP contribution in [-0.2, 0) is 24.0 Å². The molecule has 0 aromatic rings. The zero-order valence-electron chi connectivity index (χ0n) is 17.8. The number of aliphatic hydroxyl groups excluding tert-OH is 1. The Labute approximate surface area is 184 Å². The molecule has 0 aromatic heterocycles. The van der Waals surface area contributed by atoms with Crippen LogP contribution in [0, 0.1) is 5.92 Å². The minimum absolute atomic E-state index is 0.120. The van der Waals surface area contributed by atoms with Crippen molar-refractivity contribution in [3.05, 3.63) is 0 Å². The predicted molar refractivity (Wildman–Crippen MR) is 113 cm³/mol. The molecule has 0 spiro atoms. The lowest BCUT2D eigenvalue weighted by Gasteiger charge is -2.25. The molecule has 0 saturated heterocycles. The Morgan fingerprint density at radius 2 is 1.45 bits per heavy atom. The fourth-order valence-corrected chi connectivity index (χ4v) is 2.90. The Balaban J connectivity index is 5.16. The van der Waals surface area contributed by atoms with Gasteiger partial charge in [-0.25, -0.2) is 4.79 Å². The Morgan fingerprint density at radius 1 is 0.903 bits per heavy atom. The molecule has 0 rings (SSSR count). The van der Waals surface area contributed by atoms with E-state index in [-0.39, 0.29) is 19.3 Å². The molecule has 0 heterocycles. The maximum Gasteiger partial charge on any atom is 0.326 e. The van der Waals surface area contributed by atoms with Gasteiger partial charge in [0.1, 0.15) is 18.1 Å². The van der Waals surface area contributed by atoms with Gasteiger partial charge in [-0.2, -0.15) is 11.8 Å². The van der Waals surface area contributed by atoms with Crippen molar-refractivity contribution in [1.29, 1.82) is 0 Å². The van der Waals surface area contributed by atoms with E-state index in [2.05, 4.69) is 16.0 Å². The second-order valence-corrected chi connectivity index (χ2v) is 8.18. The first-order valence-corrected chi connectivity index (χ1v) is 11.0. The van der Waals surface area contributed by atoms with Crippen molar-refractivity contribution in [2.24, 2.45) is 11.7 Å². The lowest BCUT2D eigenvalue weighted by atomic mass is 10.0. The maximum atomic E-state index is 12.6. The third-order valence-corrected chi connectivity index (χ3v) is 4.94. The largest absolute Gasteiger partial charge is 0.481 e. The van der Waals surface area contributed by atoms with Gasteiger partial charge < -0.3 is 37.0 Å². The van der Waals surface area contributed by atoms with Crippen LogP contribution >= 0.6 is 11.8 Å². The number of hydrogen-bond donors (Lipinski definition) is 7. The molecule has 4 unspecified atom stereocenters. The molecule has 0 radical (unpaired) electrons. The van der Waals surface area contributed by atoms with E-state index in [0.717, 1.165) is 0 Å². The molecular weight excluding hydrogens is 432 g/mol. The first kappa shape index (κ1) is 28.6. The number of carboxylic acid groups (broad SMARTS) is 2. The van der Waals surface area contributed by atoms with Crippen LogP contribution in [0.4, 0.5) is 0 Å². The summed E-state index contributed by atoms with van der Waals surface area (Å²) in [4.78, 5) is 59.0. The number of carbonyl (C=O) groups excluding carboxylic acids is 3. The molecule has 178 valence electrons. The lowest BCUT2D eigenvalue weighted by Crippen LogP contribution is -2.58. The fourth-order valence-electron chi connectivity index (χ4n) is 2.43. The van der Waals surface area contributed by atoms with E-state index in [0.29, 0.717) is 5.75 Å². The molecule has 0 fully saturated rings. The summed E-state index contributed by atoms with van der Waals surface area (Å²) in [5.41, 5.74) is 5.66. The quantitative estimate of drug-likeness (QED) is 0.143. The van der Waals surface area contributed by atoms with Crippen molar-refractivity contribution in [3.8, 4) is 0 Å². The van der Waals surface area contributed by atoms with Gasteiger partial charge in [-0.05, 0) is 30.8 Å². The van der Waals surface area contributed by atoms with E-state index in [1.165, 1.54) is 11.8 Å². The number of nitrogens with one attached hydrogen (secondary N) is 3. The van der Waals surface area contributed by atoms with E-state index in [1.54, 1.807) is 20.1 Å². The van der Waals surface area contributed by atoms with E-state index >= 15 is 0 Å². The number of thioether (sulfide) groups is 1. The van der Waals surface area contributed by atoms with Crippen molar-refractivity contribution in [3.63, 3.8) is 0 Å². The summed E-state index contributed by atoms with van der Waals surface area (Å²) in [6.07, 6.45) is 1.54. The molecule has 0 aliphatic carbocycles. The zero-order chi connectivity index (χ0) is 24.1. The maximum absolute atomic E-state index is 12.6. The van der Waals surface area contributed by atoms with Crippen LogP contribution in [0.15, 0.2) is 0 Å². The molecule has 0 aromatic carbocycles. The smallest absolute Gasteiger partial charge is 0.326 e. The first-order chi connectivity index (χ1) is 14.4. The summed E-state index contributed by atoms with van der Waals surface area (Å²) in [5, 5.41) is 34.4. The van der Waals surface area contributed by atoms with Gasteiger partial charge in [0.15, 0.2) is 0 Å². The Morgan fingerprint density at radius 3 is 1.90 bits per heavy atom.